The SMILES string of the molecule is CSC1CCCN(C(=O)c2cc(Cl)ccc2F)CC1. The molecule has 0 N–H and O–H groups in total. The molecule has 1 atom stereocenters. The number of carbonyl (C=O) groups is 1. The number of benzene rings is 1. The number of nitrogens with zero attached hydrogens (tertiary/aromatic N) is 1. The molecule has 1 aromatic carbocycles. The number of thioether (sulfide) groups is 1. The van der Waals surface area contributed by atoms with Gasteiger partial charge in [0.2, 0.25) is 0 Å². The van der Waals surface area contributed by atoms with Crippen LogP contribution in [-0.4, -0.2) is 35.4 Å². The largest absolute Gasteiger partial charge is 0.339 e. The van der Waals surface area contributed by atoms with E-state index in [-0.39, 0.29) is 11.5 Å². The number of amides is 1. The number of halogens is 2. The van der Waals surface area contributed by atoms with E-state index in [0.29, 0.717) is 23.4 Å². The first-order valence-corrected chi connectivity index (χ1v) is 8.05. The number of hydrogen-bond acceptors (Lipinski definition) is 2. The fraction of sp³-hybridized carbons (Fsp3) is 0.500. The average Bonchev–Trinajstić information content (AvgIpc) is 2.66. The predicted octanol–water partition coefficient (Wildman–Crippen LogP) is 3.84. The zero-order valence-electron chi connectivity index (χ0n) is 10.9. The Morgan fingerprint density at radius 1 is 1.42 bits per heavy atom. The van der Waals surface area contributed by atoms with Crippen LogP contribution in [0.3, 0.4) is 0 Å². The maximum Gasteiger partial charge on any atom is 0.256 e. The fourth-order valence-electron chi connectivity index (χ4n) is 2.34. The van der Waals surface area contributed by atoms with Crippen LogP contribution in [-0.2, 0) is 0 Å². The Labute approximate surface area is 122 Å². The highest BCUT2D eigenvalue weighted by atomic mass is 35.5. The molecule has 1 amide bonds. The minimum Gasteiger partial charge on any atom is -0.339 e. The van der Waals surface area contributed by atoms with Gasteiger partial charge < -0.3 is 4.90 Å². The molecule has 1 aromatic rings. The molecule has 1 aliphatic rings. The van der Waals surface area contributed by atoms with Crippen molar-refractivity contribution in [2.75, 3.05) is 19.3 Å². The van der Waals surface area contributed by atoms with Crippen molar-refractivity contribution in [3.05, 3.63) is 34.6 Å². The monoisotopic (exact) mass is 301 g/mol. The minimum absolute atomic E-state index is 0.0788. The second-order valence-electron chi connectivity index (χ2n) is 4.70. The van der Waals surface area contributed by atoms with E-state index < -0.39 is 5.82 Å². The zero-order valence-corrected chi connectivity index (χ0v) is 12.4. The van der Waals surface area contributed by atoms with Crippen molar-refractivity contribution in [2.45, 2.75) is 24.5 Å². The van der Waals surface area contributed by atoms with Crippen molar-refractivity contribution in [2.24, 2.45) is 0 Å². The highest BCUT2D eigenvalue weighted by Crippen LogP contribution is 2.23. The second kappa shape index (κ2) is 6.62. The molecule has 0 spiro atoms. The molecule has 0 aliphatic carbocycles. The van der Waals surface area contributed by atoms with Gasteiger partial charge >= 0.3 is 0 Å². The minimum atomic E-state index is -0.500. The molecule has 1 heterocycles. The Bertz CT molecular complexity index is 469. The van der Waals surface area contributed by atoms with Crippen molar-refractivity contribution >= 4 is 29.3 Å². The van der Waals surface area contributed by atoms with Gasteiger partial charge in [-0.2, -0.15) is 11.8 Å². The van der Waals surface area contributed by atoms with Crippen LogP contribution in [0.2, 0.25) is 5.02 Å². The third kappa shape index (κ3) is 3.63. The maximum absolute atomic E-state index is 13.7. The summed E-state index contributed by atoms with van der Waals surface area (Å²) in [5.41, 5.74) is 0.0788. The van der Waals surface area contributed by atoms with E-state index in [9.17, 15) is 9.18 Å². The van der Waals surface area contributed by atoms with Gasteiger partial charge in [-0.1, -0.05) is 11.6 Å². The third-order valence-corrected chi connectivity index (χ3v) is 4.83. The maximum atomic E-state index is 13.7. The number of likely N-dealkylation sites (tertiary alicyclic amines) is 1. The number of carbonyl (C=O) groups excluding carboxylic acids is 1. The summed E-state index contributed by atoms with van der Waals surface area (Å²) in [6.45, 7) is 1.39. The molecule has 2 rings (SSSR count). The van der Waals surface area contributed by atoms with E-state index in [1.807, 2.05) is 11.8 Å². The van der Waals surface area contributed by atoms with Gasteiger partial charge in [-0.05, 0) is 43.7 Å². The molecule has 1 fully saturated rings. The molecule has 0 aromatic heterocycles. The molecular formula is C14H17ClFNOS. The summed E-state index contributed by atoms with van der Waals surface area (Å²) >= 11 is 7.68. The van der Waals surface area contributed by atoms with Gasteiger partial charge in [0.25, 0.3) is 5.91 Å². The van der Waals surface area contributed by atoms with Crippen LogP contribution in [0, 0.1) is 5.82 Å². The van der Waals surface area contributed by atoms with Crippen molar-refractivity contribution in [1.29, 1.82) is 0 Å². The number of hydrogen-bond donors (Lipinski definition) is 0. The first kappa shape index (κ1) is 14.7. The molecule has 2 nitrogen and oxygen atoms in total. The van der Waals surface area contributed by atoms with Gasteiger partial charge in [-0.25, -0.2) is 4.39 Å². The van der Waals surface area contributed by atoms with Crippen molar-refractivity contribution < 1.29 is 9.18 Å². The van der Waals surface area contributed by atoms with Gasteiger partial charge in [0, 0.05) is 23.4 Å². The standard InChI is InChI=1S/C14H17ClFNOS/c1-19-11-3-2-7-17(8-6-11)14(18)12-9-10(15)4-5-13(12)16/h4-5,9,11H,2-3,6-8H2,1H3. The smallest absolute Gasteiger partial charge is 0.256 e. The van der Waals surface area contributed by atoms with Gasteiger partial charge in [0.1, 0.15) is 5.82 Å². The van der Waals surface area contributed by atoms with Crippen LogP contribution < -0.4 is 0 Å². The van der Waals surface area contributed by atoms with Crippen LogP contribution in [0.5, 0.6) is 0 Å². The Balaban J connectivity index is 2.13. The van der Waals surface area contributed by atoms with Crippen LogP contribution in [0.25, 0.3) is 0 Å². The molecule has 1 aliphatic heterocycles. The molecule has 0 radical (unpaired) electrons. The zero-order chi connectivity index (χ0) is 13.8. The Kier molecular flexibility index (Phi) is 5.11. The van der Waals surface area contributed by atoms with Crippen LogP contribution >= 0.6 is 23.4 Å². The quantitative estimate of drug-likeness (QED) is 0.827. The lowest BCUT2D eigenvalue weighted by Gasteiger charge is -2.21. The molecule has 0 bridgehead atoms. The van der Waals surface area contributed by atoms with E-state index in [1.54, 1.807) is 4.90 Å². The summed E-state index contributed by atoms with van der Waals surface area (Å²) in [7, 11) is 0. The van der Waals surface area contributed by atoms with Crippen LogP contribution in [0.4, 0.5) is 4.39 Å². The normalized spacial score (nSPS) is 20.2. The van der Waals surface area contributed by atoms with Crippen molar-refractivity contribution in [3.8, 4) is 0 Å². The first-order chi connectivity index (χ1) is 9.11. The lowest BCUT2D eigenvalue weighted by molar-refractivity contribution is 0.0757. The Morgan fingerprint density at radius 3 is 2.95 bits per heavy atom. The van der Waals surface area contributed by atoms with Crippen molar-refractivity contribution in [1.82, 2.24) is 4.90 Å². The summed E-state index contributed by atoms with van der Waals surface area (Å²) in [6.07, 6.45) is 5.15. The molecule has 104 valence electrons. The van der Waals surface area contributed by atoms with Gasteiger partial charge in [-0.15, -0.1) is 0 Å². The van der Waals surface area contributed by atoms with E-state index in [0.717, 1.165) is 19.3 Å². The van der Waals surface area contributed by atoms with E-state index in [1.165, 1.54) is 18.2 Å². The number of rotatable bonds is 2. The summed E-state index contributed by atoms with van der Waals surface area (Å²) in [4.78, 5) is 14.1. The molecule has 5 heteroatoms. The van der Waals surface area contributed by atoms with Crippen LogP contribution in [0.1, 0.15) is 29.6 Å². The average molecular weight is 302 g/mol. The van der Waals surface area contributed by atoms with Gasteiger partial charge in [0.05, 0.1) is 5.56 Å². The second-order valence-corrected chi connectivity index (χ2v) is 6.28. The van der Waals surface area contributed by atoms with Crippen LogP contribution in [0.15, 0.2) is 18.2 Å². The predicted molar refractivity (Wildman–Crippen MR) is 78.5 cm³/mol. The van der Waals surface area contributed by atoms with E-state index in [2.05, 4.69) is 6.26 Å². The molecule has 0 saturated carbocycles. The summed E-state index contributed by atoms with van der Waals surface area (Å²) < 4.78 is 13.7. The first-order valence-electron chi connectivity index (χ1n) is 6.39. The summed E-state index contributed by atoms with van der Waals surface area (Å²) in [5, 5.41) is 0.989. The van der Waals surface area contributed by atoms with Gasteiger partial charge in [0.15, 0.2) is 0 Å². The summed E-state index contributed by atoms with van der Waals surface area (Å²) in [5.74, 6) is -0.748. The molecule has 1 saturated heterocycles. The summed E-state index contributed by atoms with van der Waals surface area (Å²) in [6, 6.07) is 4.12. The lowest BCUT2D eigenvalue weighted by atomic mass is 10.2. The topological polar surface area (TPSA) is 20.3 Å². The van der Waals surface area contributed by atoms with E-state index in [4.69, 9.17) is 11.6 Å². The van der Waals surface area contributed by atoms with E-state index >= 15 is 0 Å². The fourth-order valence-corrected chi connectivity index (χ4v) is 3.25. The highest BCUT2D eigenvalue weighted by molar-refractivity contribution is 7.99. The van der Waals surface area contributed by atoms with Gasteiger partial charge in [-0.3, -0.25) is 4.79 Å². The highest BCUT2D eigenvalue weighted by Gasteiger charge is 2.23. The Hall–Kier alpha value is -0.740. The Morgan fingerprint density at radius 2 is 2.21 bits per heavy atom. The third-order valence-electron chi connectivity index (χ3n) is 3.45. The molecule has 19 heavy (non-hydrogen) atoms. The molecule has 1 unspecified atom stereocenters. The van der Waals surface area contributed by atoms with Crippen molar-refractivity contribution in [3.63, 3.8) is 0 Å². The lowest BCUT2D eigenvalue weighted by Crippen LogP contribution is -2.32. The molecular weight excluding hydrogens is 285 g/mol.